The summed E-state index contributed by atoms with van der Waals surface area (Å²) in [6.45, 7) is 2.24. The number of rotatable bonds is 7. The lowest BCUT2D eigenvalue weighted by atomic mass is 9.63. The van der Waals surface area contributed by atoms with Crippen LogP contribution in [0.2, 0.25) is 0 Å². The van der Waals surface area contributed by atoms with Crippen LogP contribution in [0.5, 0.6) is 5.75 Å². The number of esters is 1. The van der Waals surface area contributed by atoms with Gasteiger partial charge in [0.25, 0.3) is 0 Å². The Morgan fingerprint density at radius 1 is 1.00 bits per heavy atom. The molecule has 3 nitrogen and oxygen atoms in total. The maximum absolute atomic E-state index is 15.1. The lowest BCUT2D eigenvalue weighted by Crippen LogP contribution is -2.31. The van der Waals surface area contributed by atoms with E-state index >= 15 is 8.78 Å². The number of fused-ring (bicyclic) bond motifs is 1. The van der Waals surface area contributed by atoms with E-state index < -0.39 is 17.6 Å². The Morgan fingerprint density at radius 2 is 1.68 bits per heavy atom. The lowest BCUT2D eigenvalue weighted by molar-refractivity contribution is 0.0733. The number of nitrogens with zero attached hydrogens (tertiary/aromatic N) is 1. The molecule has 1 unspecified atom stereocenters. The zero-order chi connectivity index (χ0) is 24.1. The second-order valence-electron chi connectivity index (χ2n) is 10.1. The quantitative estimate of drug-likeness (QED) is 0.237. The molecule has 2 aromatic carbocycles. The molecular formula is C29H33F2NO2. The van der Waals surface area contributed by atoms with Gasteiger partial charge in [0.1, 0.15) is 17.4 Å². The molecule has 0 aromatic heterocycles. The number of hydrogen-bond acceptors (Lipinski definition) is 3. The number of halogens is 2. The van der Waals surface area contributed by atoms with Crippen molar-refractivity contribution in [3.63, 3.8) is 0 Å². The van der Waals surface area contributed by atoms with Gasteiger partial charge in [0, 0.05) is 5.56 Å². The summed E-state index contributed by atoms with van der Waals surface area (Å²) in [5.41, 5.74) is 0.406. The van der Waals surface area contributed by atoms with Crippen LogP contribution in [0.1, 0.15) is 98.5 Å². The Labute approximate surface area is 201 Å². The standard InChI is InChI=1S/C29H33F2NO2/c1-2-3-4-5-19-6-9-22-15-23(11-10-21(22)14-19)28-26(30)16-24(17-27(28)31)29(33)34-25-12-7-20(18-32)8-13-25/h7-8,12-13,16-17,19,21-23H,2-6,9-11,14-15H2,1H3/t19-,21-,22+,23?/m0/s1. The molecular weight excluding hydrogens is 432 g/mol. The summed E-state index contributed by atoms with van der Waals surface area (Å²) in [6, 6.07) is 10.2. The molecule has 0 aliphatic heterocycles. The number of hydrogen-bond donors (Lipinski definition) is 0. The van der Waals surface area contributed by atoms with E-state index in [2.05, 4.69) is 6.92 Å². The van der Waals surface area contributed by atoms with Gasteiger partial charge >= 0.3 is 5.97 Å². The third kappa shape index (κ3) is 5.66. The number of carbonyl (C=O) groups is 1. The van der Waals surface area contributed by atoms with Crippen LogP contribution in [0.3, 0.4) is 0 Å². The summed E-state index contributed by atoms with van der Waals surface area (Å²) in [4.78, 5) is 12.5. The molecule has 0 saturated heterocycles. The first-order valence-electron chi connectivity index (χ1n) is 12.7. The van der Waals surface area contributed by atoms with Crippen molar-refractivity contribution in [3.05, 3.63) is 64.7 Å². The monoisotopic (exact) mass is 465 g/mol. The van der Waals surface area contributed by atoms with E-state index in [0.717, 1.165) is 43.7 Å². The van der Waals surface area contributed by atoms with E-state index in [-0.39, 0.29) is 22.8 Å². The van der Waals surface area contributed by atoms with Crippen molar-refractivity contribution in [1.29, 1.82) is 5.26 Å². The summed E-state index contributed by atoms with van der Waals surface area (Å²) in [7, 11) is 0. The average Bonchev–Trinajstić information content (AvgIpc) is 2.84. The molecule has 0 amide bonds. The van der Waals surface area contributed by atoms with Crippen LogP contribution in [-0.2, 0) is 0 Å². The minimum absolute atomic E-state index is 0.124. The van der Waals surface area contributed by atoms with Gasteiger partial charge in [-0.2, -0.15) is 5.26 Å². The van der Waals surface area contributed by atoms with Gasteiger partial charge < -0.3 is 4.74 Å². The van der Waals surface area contributed by atoms with Crippen LogP contribution in [0.25, 0.3) is 0 Å². The van der Waals surface area contributed by atoms with Gasteiger partial charge in [-0.15, -0.1) is 0 Å². The highest BCUT2D eigenvalue weighted by molar-refractivity contribution is 5.91. The lowest BCUT2D eigenvalue weighted by Gasteiger charge is -2.42. The van der Waals surface area contributed by atoms with E-state index in [1.165, 1.54) is 62.8 Å². The third-order valence-corrected chi connectivity index (χ3v) is 7.85. The summed E-state index contributed by atoms with van der Waals surface area (Å²) in [5.74, 6) is -0.0187. The van der Waals surface area contributed by atoms with Crippen LogP contribution < -0.4 is 4.74 Å². The largest absolute Gasteiger partial charge is 0.423 e. The molecule has 2 saturated carbocycles. The van der Waals surface area contributed by atoms with Crippen LogP contribution in [0, 0.1) is 40.7 Å². The number of carbonyl (C=O) groups excluding carboxylic acids is 1. The molecule has 0 heterocycles. The number of nitriles is 1. The van der Waals surface area contributed by atoms with Crippen molar-refractivity contribution in [2.24, 2.45) is 17.8 Å². The van der Waals surface area contributed by atoms with E-state index in [0.29, 0.717) is 17.4 Å². The highest BCUT2D eigenvalue weighted by atomic mass is 19.1. The van der Waals surface area contributed by atoms with Crippen molar-refractivity contribution >= 4 is 5.97 Å². The molecule has 4 rings (SSSR count). The molecule has 0 bridgehead atoms. The highest BCUT2D eigenvalue weighted by Crippen LogP contribution is 2.49. The fourth-order valence-corrected chi connectivity index (χ4v) is 6.05. The molecule has 5 heteroatoms. The summed E-state index contributed by atoms with van der Waals surface area (Å²) in [5, 5.41) is 8.86. The van der Waals surface area contributed by atoms with Crippen molar-refractivity contribution < 1.29 is 18.3 Å². The Kier molecular flexibility index (Phi) is 7.98. The molecule has 0 spiro atoms. The predicted octanol–water partition coefficient (Wildman–Crippen LogP) is 7.94. The zero-order valence-electron chi connectivity index (χ0n) is 19.9. The van der Waals surface area contributed by atoms with Gasteiger partial charge in [0.15, 0.2) is 0 Å². The van der Waals surface area contributed by atoms with Crippen molar-refractivity contribution in [2.75, 3.05) is 0 Å². The zero-order valence-corrected chi connectivity index (χ0v) is 19.9. The Hall–Kier alpha value is -2.74. The van der Waals surface area contributed by atoms with E-state index in [1.807, 2.05) is 6.07 Å². The average molecular weight is 466 g/mol. The SMILES string of the molecule is CCCCC[C@H]1CC[C@@H]2CC(c3c(F)cc(C(=O)Oc4ccc(C#N)cc4)cc3F)CC[C@H]2C1. The molecule has 2 aliphatic carbocycles. The van der Waals surface area contributed by atoms with Crippen LogP contribution in [-0.4, -0.2) is 5.97 Å². The van der Waals surface area contributed by atoms with Gasteiger partial charge in [-0.3, -0.25) is 0 Å². The molecule has 2 aliphatic rings. The summed E-state index contributed by atoms with van der Waals surface area (Å²) >= 11 is 0. The number of benzene rings is 2. The molecule has 0 radical (unpaired) electrons. The summed E-state index contributed by atoms with van der Waals surface area (Å²) < 4.78 is 35.4. The Balaban J connectivity index is 1.39. The molecule has 4 atom stereocenters. The maximum atomic E-state index is 15.1. The fraction of sp³-hybridized carbons (Fsp3) is 0.517. The second-order valence-corrected chi connectivity index (χ2v) is 10.1. The van der Waals surface area contributed by atoms with Crippen LogP contribution in [0.4, 0.5) is 8.78 Å². The van der Waals surface area contributed by atoms with E-state index in [9.17, 15) is 4.79 Å². The van der Waals surface area contributed by atoms with Crippen LogP contribution in [0.15, 0.2) is 36.4 Å². The molecule has 2 aromatic rings. The Morgan fingerprint density at radius 3 is 2.35 bits per heavy atom. The first-order valence-corrected chi connectivity index (χ1v) is 12.7. The van der Waals surface area contributed by atoms with Gasteiger partial charge in [-0.05, 0) is 92.2 Å². The maximum Gasteiger partial charge on any atom is 0.343 e. The first kappa shape index (κ1) is 24.4. The molecule has 0 N–H and O–H groups in total. The highest BCUT2D eigenvalue weighted by Gasteiger charge is 2.37. The fourth-order valence-electron chi connectivity index (χ4n) is 6.05. The molecule has 180 valence electrons. The molecule has 2 fully saturated rings. The van der Waals surface area contributed by atoms with Gasteiger partial charge in [0.2, 0.25) is 0 Å². The van der Waals surface area contributed by atoms with E-state index in [1.54, 1.807) is 0 Å². The van der Waals surface area contributed by atoms with Crippen molar-refractivity contribution in [1.82, 2.24) is 0 Å². The number of ether oxygens (including phenoxy) is 1. The van der Waals surface area contributed by atoms with Crippen molar-refractivity contribution in [3.8, 4) is 11.8 Å². The number of unbranched alkanes of at least 4 members (excludes halogenated alkanes) is 2. The normalized spacial score (nSPS) is 24.2. The topological polar surface area (TPSA) is 50.1 Å². The first-order chi connectivity index (χ1) is 16.5. The van der Waals surface area contributed by atoms with E-state index in [4.69, 9.17) is 10.00 Å². The molecule has 34 heavy (non-hydrogen) atoms. The van der Waals surface area contributed by atoms with Crippen molar-refractivity contribution in [2.45, 2.75) is 77.0 Å². The Bertz CT molecular complexity index is 1020. The minimum atomic E-state index is -0.820. The van der Waals surface area contributed by atoms with Gasteiger partial charge in [-0.25, -0.2) is 13.6 Å². The smallest absolute Gasteiger partial charge is 0.343 e. The predicted molar refractivity (Wildman–Crippen MR) is 128 cm³/mol. The van der Waals surface area contributed by atoms with Gasteiger partial charge in [-0.1, -0.05) is 39.0 Å². The van der Waals surface area contributed by atoms with Crippen LogP contribution >= 0.6 is 0 Å². The minimum Gasteiger partial charge on any atom is -0.423 e. The van der Waals surface area contributed by atoms with Gasteiger partial charge in [0.05, 0.1) is 17.2 Å². The third-order valence-electron chi connectivity index (χ3n) is 7.85. The summed E-state index contributed by atoms with van der Waals surface area (Å²) in [6.07, 6.45) is 11.5. The second kappa shape index (κ2) is 11.1.